The van der Waals surface area contributed by atoms with Gasteiger partial charge in [-0.05, 0) is 11.6 Å². The molecule has 0 aromatic carbocycles. The van der Waals surface area contributed by atoms with Crippen molar-refractivity contribution in [3.05, 3.63) is 17.0 Å². The molecule has 0 spiro atoms. The maximum Gasteiger partial charge on any atom is 0.433 e. The maximum absolute atomic E-state index is 12.4. The topological polar surface area (TPSA) is 54.9 Å². The van der Waals surface area contributed by atoms with Gasteiger partial charge >= 0.3 is 6.18 Å². The quantitative estimate of drug-likeness (QED) is 0.848. The summed E-state index contributed by atoms with van der Waals surface area (Å²) in [5.41, 5.74) is -1.11. The molecule has 1 heterocycles. The van der Waals surface area contributed by atoms with Crippen molar-refractivity contribution >= 4 is 28.2 Å². The third-order valence-corrected chi connectivity index (χ3v) is 3.42. The lowest BCUT2D eigenvalue weighted by Crippen LogP contribution is -2.15. The monoisotopic (exact) mass is 301 g/mol. The van der Waals surface area contributed by atoms with Crippen molar-refractivity contribution in [3.63, 3.8) is 0 Å². The second-order valence-electron chi connectivity index (χ2n) is 3.26. The predicted molar refractivity (Wildman–Crippen MR) is 64.1 cm³/mol. The SMILES string of the molecule is CCS(=O)CCNc1cc(C(F)(F)F)nc(Cl)n1. The summed E-state index contributed by atoms with van der Waals surface area (Å²) in [5.74, 6) is 0.801. The van der Waals surface area contributed by atoms with Crippen molar-refractivity contribution in [2.75, 3.05) is 23.4 Å². The maximum atomic E-state index is 12.4. The Morgan fingerprint density at radius 2 is 2.11 bits per heavy atom. The summed E-state index contributed by atoms with van der Waals surface area (Å²) in [6.07, 6.45) is -4.57. The van der Waals surface area contributed by atoms with Crippen LogP contribution >= 0.6 is 11.6 Å². The Hall–Kier alpha value is -0.890. The van der Waals surface area contributed by atoms with Crippen molar-refractivity contribution in [2.24, 2.45) is 0 Å². The van der Waals surface area contributed by atoms with E-state index in [0.29, 0.717) is 11.5 Å². The van der Waals surface area contributed by atoms with E-state index < -0.39 is 28.0 Å². The number of anilines is 1. The molecule has 0 aliphatic heterocycles. The molecule has 18 heavy (non-hydrogen) atoms. The summed E-state index contributed by atoms with van der Waals surface area (Å²) in [5, 5.41) is 2.15. The zero-order valence-electron chi connectivity index (χ0n) is 9.42. The van der Waals surface area contributed by atoms with Gasteiger partial charge in [0.2, 0.25) is 5.28 Å². The fourth-order valence-corrected chi connectivity index (χ4v) is 1.89. The van der Waals surface area contributed by atoms with E-state index in [1.807, 2.05) is 0 Å². The molecule has 0 saturated heterocycles. The van der Waals surface area contributed by atoms with Gasteiger partial charge in [-0.25, -0.2) is 9.97 Å². The number of alkyl halides is 3. The van der Waals surface area contributed by atoms with Crippen LogP contribution in [0.3, 0.4) is 0 Å². The summed E-state index contributed by atoms with van der Waals surface area (Å²) in [7, 11) is -0.990. The van der Waals surface area contributed by atoms with Crippen LogP contribution in [0.5, 0.6) is 0 Å². The standard InChI is InChI=1S/C9H11ClF3N3OS/c1-2-18(17)4-3-14-7-5-6(9(11,12)13)15-8(10)16-7/h5H,2-4H2,1H3,(H,14,15,16). The highest BCUT2D eigenvalue weighted by atomic mass is 35.5. The highest BCUT2D eigenvalue weighted by Crippen LogP contribution is 2.29. The summed E-state index contributed by atoms with van der Waals surface area (Å²) in [6.45, 7) is 2.02. The molecule has 0 bridgehead atoms. The number of halogens is 4. The Labute approximate surface area is 109 Å². The summed E-state index contributed by atoms with van der Waals surface area (Å²) >= 11 is 5.40. The van der Waals surface area contributed by atoms with Gasteiger partial charge in [0, 0.05) is 34.9 Å². The van der Waals surface area contributed by atoms with Crippen molar-refractivity contribution in [3.8, 4) is 0 Å². The van der Waals surface area contributed by atoms with Gasteiger partial charge in [-0.15, -0.1) is 0 Å². The number of nitrogens with zero attached hydrogens (tertiary/aromatic N) is 2. The Bertz CT molecular complexity index is 442. The number of hydrogen-bond acceptors (Lipinski definition) is 4. The van der Waals surface area contributed by atoms with Gasteiger partial charge < -0.3 is 5.32 Å². The van der Waals surface area contributed by atoms with E-state index in [4.69, 9.17) is 11.6 Å². The molecule has 4 nitrogen and oxygen atoms in total. The molecule has 1 aromatic heterocycles. The second-order valence-corrected chi connectivity index (χ2v) is 5.47. The van der Waals surface area contributed by atoms with Crippen molar-refractivity contribution in [1.82, 2.24) is 9.97 Å². The van der Waals surface area contributed by atoms with E-state index in [0.717, 1.165) is 6.07 Å². The Kier molecular flexibility index (Phi) is 5.33. The molecule has 1 atom stereocenters. The minimum absolute atomic E-state index is 0.0320. The molecule has 0 saturated carbocycles. The number of nitrogens with one attached hydrogen (secondary N) is 1. The van der Waals surface area contributed by atoms with Crippen molar-refractivity contribution in [1.29, 1.82) is 0 Å². The number of rotatable bonds is 5. The molecule has 102 valence electrons. The lowest BCUT2D eigenvalue weighted by molar-refractivity contribution is -0.141. The summed E-state index contributed by atoms with van der Waals surface area (Å²) < 4.78 is 48.4. The summed E-state index contributed by atoms with van der Waals surface area (Å²) in [4.78, 5) is 6.71. The molecule has 1 N–H and O–H groups in total. The first-order chi connectivity index (χ1) is 8.32. The zero-order chi connectivity index (χ0) is 13.8. The predicted octanol–water partition coefficient (Wildman–Crippen LogP) is 2.33. The van der Waals surface area contributed by atoms with E-state index in [1.54, 1.807) is 6.92 Å². The molecule has 1 aromatic rings. The van der Waals surface area contributed by atoms with E-state index in [1.165, 1.54) is 0 Å². The molecule has 9 heteroatoms. The molecule has 1 rings (SSSR count). The fraction of sp³-hybridized carbons (Fsp3) is 0.556. The Morgan fingerprint density at radius 1 is 1.44 bits per heavy atom. The van der Waals surface area contributed by atoms with Crippen LogP contribution in [0.4, 0.5) is 19.0 Å². The first-order valence-corrected chi connectivity index (χ1v) is 6.90. The average Bonchev–Trinajstić information content (AvgIpc) is 2.27. The number of aromatic nitrogens is 2. The van der Waals surface area contributed by atoms with Gasteiger partial charge in [-0.2, -0.15) is 13.2 Å². The van der Waals surface area contributed by atoms with Crippen LogP contribution in [0.15, 0.2) is 6.07 Å². The molecule has 0 amide bonds. The molecule has 0 radical (unpaired) electrons. The van der Waals surface area contributed by atoms with Crippen LogP contribution in [-0.4, -0.2) is 32.2 Å². The van der Waals surface area contributed by atoms with Gasteiger partial charge in [0.25, 0.3) is 0 Å². The Balaban J connectivity index is 2.72. The molecule has 0 aliphatic rings. The highest BCUT2D eigenvalue weighted by Gasteiger charge is 2.33. The van der Waals surface area contributed by atoms with Gasteiger partial charge in [0.05, 0.1) is 0 Å². The van der Waals surface area contributed by atoms with Crippen molar-refractivity contribution < 1.29 is 17.4 Å². The van der Waals surface area contributed by atoms with Crippen LogP contribution in [0.25, 0.3) is 0 Å². The van der Waals surface area contributed by atoms with Crippen LogP contribution in [-0.2, 0) is 17.0 Å². The highest BCUT2D eigenvalue weighted by molar-refractivity contribution is 7.84. The molecular weight excluding hydrogens is 291 g/mol. The zero-order valence-corrected chi connectivity index (χ0v) is 11.0. The fourth-order valence-electron chi connectivity index (χ4n) is 1.09. The van der Waals surface area contributed by atoms with Crippen LogP contribution in [0.1, 0.15) is 12.6 Å². The minimum atomic E-state index is -4.57. The lowest BCUT2D eigenvalue weighted by Gasteiger charge is -2.09. The largest absolute Gasteiger partial charge is 0.433 e. The van der Waals surface area contributed by atoms with E-state index >= 15 is 0 Å². The van der Waals surface area contributed by atoms with Gasteiger partial charge in [-0.3, -0.25) is 4.21 Å². The average molecular weight is 302 g/mol. The van der Waals surface area contributed by atoms with E-state index in [2.05, 4.69) is 15.3 Å². The molecule has 0 fully saturated rings. The third-order valence-electron chi connectivity index (χ3n) is 1.95. The van der Waals surface area contributed by atoms with Gasteiger partial charge in [0.15, 0.2) is 5.69 Å². The smallest absolute Gasteiger partial charge is 0.369 e. The van der Waals surface area contributed by atoms with Gasteiger partial charge in [-0.1, -0.05) is 6.92 Å². The van der Waals surface area contributed by atoms with Crippen molar-refractivity contribution in [2.45, 2.75) is 13.1 Å². The van der Waals surface area contributed by atoms with E-state index in [-0.39, 0.29) is 12.4 Å². The van der Waals surface area contributed by atoms with Crippen LogP contribution in [0.2, 0.25) is 5.28 Å². The second kappa shape index (κ2) is 6.33. The Morgan fingerprint density at radius 3 is 2.67 bits per heavy atom. The molecule has 1 unspecified atom stereocenters. The normalized spacial score (nSPS) is 13.4. The van der Waals surface area contributed by atoms with Gasteiger partial charge in [0.1, 0.15) is 5.82 Å². The number of hydrogen-bond donors (Lipinski definition) is 1. The third kappa shape index (κ3) is 4.77. The van der Waals surface area contributed by atoms with Crippen LogP contribution < -0.4 is 5.32 Å². The molecule has 0 aliphatic carbocycles. The summed E-state index contributed by atoms with van der Waals surface area (Å²) in [6, 6.07) is 0.765. The first-order valence-electron chi connectivity index (χ1n) is 5.03. The molecular formula is C9H11ClF3N3OS. The lowest BCUT2D eigenvalue weighted by atomic mass is 10.4. The van der Waals surface area contributed by atoms with E-state index in [9.17, 15) is 17.4 Å². The first kappa shape index (κ1) is 15.2. The minimum Gasteiger partial charge on any atom is -0.369 e. The van der Waals surface area contributed by atoms with Crippen LogP contribution in [0, 0.1) is 0 Å².